The largest absolute Gasteiger partial charge is 0.305 e. The van der Waals surface area contributed by atoms with Gasteiger partial charge in [0.1, 0.15) is 0 Å². The Labute approximate surface area is 160 Å². The van der Waals surface area contributed by atoms with Crippen molar-refractivity contribution in [1.82, 2.24) is 24.5 Å². The normalized spacial score (nSPS) is 11.3. The first-order valence-electron chi connectivity index (χ1n) is 8.72. The van der Waals surface area contributed by atoms with E-state index in [1.807, 2.05) is 62.1 Å². The van der Waals surface area contributed by atoms with Crippen LogP contribution in [0.2, 0.25) is 0 Å². The van der Waals surface area contributed by atoms with Crippen molar-refractivity contribution < 1.29 is 4.79 Å². The van der Waals surface area contributed by atoms with E-state index in [2.05, 4.69) is 15.5 Å². The molecule has 138 valence electrons. The molecule has 0 saturated carbocycles. The Kier molecular flexibility index (Phi) is 4.27. The van der Waals surface area contributed by atoms with Crippen LogP contribution in [0.3, 0.4) is 0 Å². The van der Waals surface area contributed by atoms with Crippen molar-refractivity contribution in [3.8, 4) is 10.6 Å². The number of fused-ring (bicyclic) bond motifs is 1. The summed E-state index contributed by atoms with van der Waals surface area (Å²) in [5.74, 6) is 0.334. The van der Waals surface area contributed by atoms with Crippen LogP contribution in [0.4, 0.5) is 5.82 Å². The summed E-state index contributed by atoms with van der Waals surface area (Å²) in [6.07, 6.45) is 0. The van der Waals surface area contributed by atoms with Crippen LogP contribution in [0.5, 0.6) is 0 Å². The standard InChI is InChI=1S/C19H20N6OS/c1-5-25-11(2)9-16(23-25)21-19(26)13-10-14(15-7-6-8-27-15)20-18-17(13)12(3)22-24(18)4/h6-10H,5H2,1-4H3,(H,21,23,26). The van der Waals surface area contributed by atoms with Crippen molar-refractivity contribution in [1.29, 1.82) is 0 Å². The summed E-state index contributed by atoms with van der Waals surface area (Å²) in [4.78, 5) is 18.8. The lowest BCUT2D eigenvalue weighted by Gasteiger charge is -2.07. The van der Waals surface area contributed by atoms with Gasteiger partial charge in [0.05, 0.1) is 27.2 Å². The molecule has 0 spiro atoms. The second kappa shape index (κ2) is 6.62. The van der Waals surface area contributed by atoms with E-state index >= 15 is 0 Å². The molecule has 1 amide bonds. The van der Waals surface area contributed by atoms with E-state index < -0.39 is 0 Å². The number of thiophene rings is 1. The number of amides is 1. The number of nitrogens with one attached hydrogen (secondary N) is 1. The summed E-state index contributed by atoms with van der Waals surface area (Å²) in [5.41, 5.74) is 3.79. The van der Waals surface area contributed by atoms with Crippen molar-refractivity contribution in [2.24, 2.45) is 7.05 Å². The molecular formula is C19H20N6OS. The van der Waals surface area contributed by atoms with Crippen molar-refractivity contribution in [3.05, 3.63) is 46.6 Å². The minimum atomic E-state index is -0.211. The summed E-state index contributed by atoms with van der Waals surface area (Å²) in [6, 6.07) is 7.67. The first-order valence-corrected chi connectivity index (χ1v) is 9.60. The molecule has 4 aromatic rings. The molecule has 8 heteroatoms. The van der Waals surface area contributed by atoms with E-state index in [0.717, 1.165) is 33.9 Å². The number of hydrogen-bond acceptors (Lipinski definition) is 5. The van der Waals surface area contributed by atoms with Gasteiger partial charge in [0.15, 0.2) is 11.5 Å². The predicted octanol–water partition coefficient (Wildman–Crippen LogP) is 3.78. The predicted molar refractivity (Wildman–Crippen MR) is 107 cm³/mol. The number of nitrogens with zero attached hydrogens (tertiary/aromatic N) is 5. The fourth-order valence-electron chi connectivity index (χ4n) is 3.25. The first kappa shape index (κ1) is 17.4. The van der Waals surface area contributed by atoms with Gasteiger partial charge in [0, 0.05) is 25.4 Å². The molecule has 0 radical (unpaired) electrons. The van der Waals surface area contributed by atoms with E-state index in [-0.39, 0.29) is 5.91 Å². The zero-order chi connectivity index (χ0) is 19.1. The van der Waals surface area contributed by atoms with Gasteiger partial charge < -0.3 is 5.32 Å². The summed E-state index contributed by atoms with van der Waals surface area (Å²) in [6.45, 7) is 6.63. The fourth-order valence-corrected chi connectivity index (χ4v) is 3.94. The third kappa shape index (κ3) is 3.02. The maximum absolute atomic E-state index is 13.1. The Balaban J connectivity index is 1.82. The summed E-state index contributed by atoms with van der Waals surface area (Å²) in [5, 5.41) is 14.6. The van der Waals surface area contributed by atoms with Gasteiger partial charge in [-0.3, -0.25) is 14.2 Å². The number of aromatic nitrogens is 5. The van der Waals surface area contributed by atoms with Crippen LogP contribution in [-0.4, -0.2) is 30.5 Å². The highest BCUT2D eigenvalue weighted by Crippen LogP contribution is 2.29. The minimum Gasteiger partial charge on any atom is -0.305 e. The number of anilines is 1. The average molecular weight is 380 g/mol. The SMILES string of the molecule is CCn1nc(NC(=O)c2cc(-c3cccs3)nc3c2c(C)nn3C)cc1C. The molecule has 1 N–H and O–H groups in total. The first-order chi connectivity index (χ1) is 13.0. The van der Waals surface area contributed by atoms with Gasteiger partial charge in [-0.25, -0.2) is 4.98 Å². The van der Waals surface area contributed by atoms with Crippen LogP contribution in [-0.2, 0) is 13.6 Å². The number of carbonyl (C=O) groups excluding carboxylic acids is 1. The molecule has 0 unspecified atom stereocenters. The van der Waals surface area contributed by atoms with Gasteiger partial charge in [-0.05, 0) is 38.3 Å². The molecule has 0 saturated heterocycles. The molecule has 4 heterocycles. The number of carbonyl (C=O) groups is 1. The van der Waals surface area contributed by atoms with Crippen molar-refractivity contribution in [2.45, 2.75) is 27.3 Å². The van der Waals surface area contributed by atoms with Crippen LogP contribution in [0, 0.1) is 13.8 Å². The Bertz CT molecular complexity index is 1140. The topological polar surface area (TPSA) is 77.6 Å². The van der Waals surface area contributed by atoms with Gasteiger partial charge in [0.2, 0.25) is 0 Å². The molecule has 0 aliphatic heterocycles. The summed E-state index contributed by atoms with van der Waals surface area (Å²) in [7, 11) is 1.84. The van der Waals surface area contributed by atoms with Crippen LogP contribution in [0.15, 0.2) is 29.6 Å². The van der Waals surface area contributed by atoms with Gasteiger partial charge in [-0.2, -0.15) is 10.2 Å². The van der Waals surface area contributed by atoms with Crippen LogP contribution >= 0.6 is 11.3 Å². The number of pyridine rings is 1. The molecule has 4 rings (SSSR count). The van der Waals surface area contributed by atoms with Crippen molar-refractivity contribution >= 4 is 34.1 Å². The molecule has 4 aromatic heterocycles. The quantitative estimate of drug-likeness (QED) is 0.584. The third-order valence-corrected chi connectivity index (χ3v) is 5.40. The Morgan fingerprint density at radius 3 is 2.74 bits per heavy atom. The smallest absolute Gasteiger partial charge is 0.257 e. The van der Waals surface area contributed by atoms with Crippen LogP contribution < -0.4 is 5.32 Å². The number of aryl methyl sites for hydroxylation is 4. The van der Waals surface area contributed by atoms with Gasteiger partial charge in [-0.15, -0.1) is 11.3 Å². The zero-order valence-electron chi connectivity index (χ0n) is 15.6. The monoisotopic (exact) mass is 380 g/mol. The maximum Gasteiger partial charge on any atom is 0.257 e. The molecule has 0 atom stereocenters. The minimum absolute atomic E-state index is 0.211. The van der Waals surface area contributed by atoms with Crippen molar-refractivity contribution in [2.75, 3.05) is 5.32 Å². The Morgan fingerprint density at radius 1 is 1.26 bits per heavy atom. The lowest BCUT2D eigenvalue weighted by molar-refractivity contribution is 0.102. The Morgan fingerprint density at radius 2 is 2.07 bits per heavy atom. The molecule has 0 aromatic carbocycles. The fraction of sp³-hybridized carbons (Fsp3) is 0.263. The van der Waals surface area contributed by atoms with E-state index in [1.165, 1.54) is 0 Å². The van der Waals surface area contributed by atoms with Gasteiger partial charge >= 0.3 is 0 Å². The molecule has 0 fully saturated rings. The number of rotatable bonds is 4. The second-order valence-corrected chi connectivity index (χ2v) is 7.33. The molecule has 0 bridgehead atoms. The van der Waals surface area contributed by atoms with E-state index in [0.29, 0.717) is 17.0 Å². The van der Waals surface area contributed by atoms with Gasteiger partial charge in [0.25, 0.3) is 5.91 Å². The highest BCUT2D eigenvalue weighted by molar-refractivity contribution is 7.13. The van der Waals surface area contributed by atoms with E-state index in [9.17, 15) is 4.79 Å². The summed E-state index contributed by atoms with van der Waals surface area (Å²) < 4.78 is 3.57. The lowest BCUT2D eigenvalue weighted by Crippen LogP contribution is -2.14. The van der Waals surface area contributed by atoms with Crippen LogP contribution in [0.1, 0.15) is 28.7 Å². The molecule has 0 aliphatic carbocycles. The molecular weight excluding hydrogens is 360 g/mol. The molecule has 7 nitrogen and oxygen atoms in total. The van der Waals surface area contributed by atoms with E-state index in [4.69, 9.17) is 4.98 Å². The second-order valence-electron chi connectivity index (χ2n) is 6.38. The maximum atomic E-state index is 13.1. The third-order valence-electron chi connectivity index (χ3n) is 4.51. The van der Waals surface area contributed by atoms with E-state index in [1.54, 1.807) is 16.0 Å². The zero-order valence-corrected chi connectivity index (χ0v) is 16.5. The highest BCUT2D eigenvalue weighted by atomic mass is 32.1. The Hall–Kier alpha value is -3.00. The number of hydrogen-bond donors (Lipinski definition) is 1. The van der Waals surface area contributed by atoms with Crippen LogP contribution in [0.25, 0.3) is 21.6 Å². The summed E-state index contributed by atoms with van der Waals surface area (Å²) >= 11 is 1.59. The highest BCUT2D eigenvalue weighted by Gasteiger charge is 2.20. The molecule has 27 heavy (non-hydrogen) atoms. The lowest BCUT2D eigenvalue weighted by atomic mass is 10.1. The van der Waals surface area contributed by atoms with Gasteiger partial charge in [-0.1, -0.05) is 6.07 Å². The average Bonchev–Trinajstić information content (AvgIpc) is 3.35. The molecule has 0 aliphatic rings. The van der Waals surface area contributed by atoms with Crippen molar-refractivity contribution in [3.63, 3.8) is 0 Å².